The molecule has 0 radical (unpaired) electrons. The van der Waals surface area contributed by atoms with Crippen molar-refractivity contribution in [2.24, 2.45) is 16.8 Å². The predicted molar refractivity (Wildman–Crippen MR) is 95.2 cm³/mol. The number of benzene rings is 1. The summed E-state index contributed by atoms with van der Waals surface area (Å²) in [4.78, 5) is 27.6. The Hall–Kier alpha value is -2.42. The summed E-state index contributed by atoms with van der Waals surface area (Å²) in [6.07, 6.45) is 2.21. The van der Waals surface area contributed by atoms with Crippen molar-refractivity contribution in [1.29, 1.82) is 0 Å². The maximum atomic E-state index is 12.4. The van der Waals surface area contributed by atoms with Crippen molar-refractivity contribution in [3.8, 4) is 0 Å². The number of amidine groups is 1. The van der Waals surface area contributed by atoms with Crippen molar-refractivity contribution >= 4 is 33.4 Å². The summed E-state index contributed by atoms with van der Waals surface area (Å²) in [5.41, 5.74) is 0.307. The van der Waals surface area contributed by atoms with Gasteiger partial charge in [0.15, 0.2) is 6.61 Å². The number of ether oxygens (including phenoxy) is 1. The third-order valence-electron chi connectivity index (χ3n) is 4.31. The van der Waals surface area contributed by atoms with Crippen LogP contribution in [0.15, 0.2) is 34.2 Å². The minimum Gasteiger partial charge on any atom is -0.455 e. The molecule has 0 spiro atoms. The van der Waals surface area contributed by atoms with Gasteiger partial charge in [-0.25, -0.2) is 8.42 Å². The zero-order valence-electron chi connectivity index (χ0n) is 14.4. The lowest BCUT2D eigenvalue weighted by atomic mass is 10.3. The minimum atomic E-state index is -3.75. The number of amides is 1. The number of carbonyl (C=O) groups is 2. The van der Waals surface area contributed by atoms with Gasteiger partial charge in [-0.05, 0) is 37.0 Å². The largest absolute Gasteiger partial charge is 0.455 e. The Morgan fingerprint density at radius 3 is 2.77 bits per heavy atom. The van der Waals surface area contributed by atoms with Crippen molar-refractivity contribution in [3.05, 3.63) is 24.3 Å². The molecule has 26 heavy (non-hydrogen) atoms. The third kappa shape index (κ3) is 4.60. The molecule has 140 valence electrons. The normalized spacial score (nSPS) is 21.7. The van der Waals surface area contributed by atoms with Crippen LogP contribution in [0, 0.1) is 11.8 Å². The lowest BCUT2D eigenvalue weighted by Crippen LogP contribution is -2.29. The number of nitrogens with zero attached hydrogens (tertiary/aromatic N) is 1. The van der Waals surface area contributed by atoms with Gasteiger partial charge in [0.2, 0.25) is 0 Å². The summed E-state index contributed by atoms with van der Waals surface area (Å²) in [5, 5.41) is 2.54. The van der Waals surface area contributed by atoms with E-state index in [-0.39, 0.29) is 16.8 Å². The lowest BCUT2D eigenvalue weighted by molar-refractivity contribution is -0.148. The van der Waals surface area contributed by atoms with E-state index in [0.717, 1.165) is 12.8 Å². The van der Waals surface area contributed by atoms with Crippen LogP contribution in [-0.2, 0) is 24.3 Å². The lowest BCUT2D eigenvalue weighted by Gasteiger charge is -2.10. The van der Waals surface area contributed by atoms with E-state index >= 15 is 0 Å². The van der Waals surface area contributed by atoms with Crippen molar-refractivity contribution < 1.29 is 22.7 Å². The summed E-state index contributed by atoms with van der Waals surface area (Å²) in [6, 6.07) is 5.87. The molecule has 2 atom stereocenters. The third-order valence-corrected chi connectivity index (χ3v) is 5.69. The summed E-state index contributed by atoms with van der Waals surface area (Å²) >= 11 is 0. The minimum absolute atomic E-state index is 0.0219. The Kier molecular flexibility index (Phi) is 5.26. The molecule has 2 N–H and O–H groups in total. The van der Waals surface area contributed by atoms with Crippen molar-refractivity contribution in [2.45, 2.75) is 31.1 Å². The first kappa shape index (κ1) is 18.4. The Bertz CT molecular complexity index is 850. The Morgan fingerprint density at radius 1 is 1.35 bits per heavy atom. The first-order valence-electron chi connectivity index (χ1n) is 8.48. The van der Waals surface area contributed by atoms with Crippen LogP contribution in [0.4, 0.5) is 5.69 Å². The van der Waals surface area contributed by atoms with E-state index in [4.69, 9.17) is 4.74 Å². The number of esters is 1. The number of anilines is 1. The maximum absolute atomic E-state index is 12.4. The molecule has 9 heteroatoms. The van der Waals surface area contributed by atoms with E-state index in [1.807, 2.05) is 6.92 Å². The molecule has 1 aliphatic heterocycles. The molecule has 1 aliphatic carbocycles. The first-order valence-corrected chi connectivity index (χ1v) is 9.96. The van der Waals surface area contributed by atoms with E-state index in [1.165, 1.54) is 18.2 Å². The number of carbonyl (C=O) groups excluding carboxylic acids is 2. The highest BCUT2D eigenvalue weighted by atomic mass is 32.2. The van der Waals surface area contributed by atoms with Gasteiger partial charge in [-0.15, -0.1) is 0 Å². The van der Waals surface area contributed by atoms with Crippen LogP contribution >= 0.6 is 0 Å². The molecule has 8 nitrogen and oxygen atoms in total. The predicted octanol–water partition coefficient (Wildman–Crippen LogP) is 1.29. The molecule has 1 amide bonds. The Balaban J connectivity index is 1.58. The van der Waals surface area contributed by atoms with E-state index in [2.05, 4.69) is 15.0 Å². The van der Waals surface area contributed by atoms with Gasteiger partial charge < -0.3 is 10.1 Å². The summed E-state index contributed by atoms with van der Waals surface area (Å²) in [5.74, 6) is -0.245. The molecule has 1 heterocycles. The molecule has 0 unspecified atom stereocenters. The summed E-state index contributed by atoms with van der Waals surface area (Å²) in [6.45, 7) is 2.17. The highest BCUT2D eigenvalue weighted by Gasteiger charge is 2.40. The first-order chi connectivity index (χ1) is 12.3. The zero-order chi connectivity index (χ0) is 18.7. The highest BCUT2D eigenvalue weighted by molar-refractivity contribution is 7.90. The topological polar surface area (TPSA) is 114 Å². The van der Waals surface area contributed by atoms with Crippen molar-refractivity contribution in [2.75, 3.05) is 18.5 Å². The quantitative estimate of drug-likeness (QED) is 0.723. The van der Waals surface area contributed by atoms with Gasteiger partial charge in [-0.1, -0.05) is 13.0 Å². The van der Waals surface area contributed by atoms with Crippen LogP contribution in [0.2, 0.25) is 0 Å². The van der Waals surface area contributed by atoms with Gasteiger partial charge in [0.05, 0.1) is 10.8 Å². The smallest absolute Gasteiger partial charge is 0.309 e. The fourth-order valence-corrected chi connectivity index (χ4v) is 3.80. The second kappa shape index (κ2) is 7.45. The molecule has 1 fully saturated rings. The highest BCUT2D eigenvalue weighted by Crippen LogP contribution is 2.38. The number of nitrogens with one attached hydrogen (secondary N) is 2. The van der Waals surface area contributed by atoms with E-state index in [0.29, 0.717) is 30.4 Å². The standard InChI is InChI=1S/C17H21N3O5S/c1-11-8-14(11)17(22)25-10-16(21)19-12-4-2-5-13(9-12)26(23,24)20-15-6-3-7-18-15/h2,4-5,9,11,14H,3,6-8,10H2,1H3,(H,18,20)(H,19,21)/t11-,14-/m0/s1. The van der Waals surface area contributed by atoms with Gasteiger partial charge >= 0.3 is 5.97 Å². The number of aliphatic imine (C=N–C) groups is 1. The van der Waals surface area contributed by atoms with Crippen LogP contribution in [0.25, 0.3) is 0 Å². The molecular weight excluding hydrogens is 358 g/mol. The monoisotopic (exact) mass is 379 g/mol. The summed E-state index contributed by atoms with van der Waals surface area (Å²) < 4.78 is 32.2. The van der Waals surface area contributed by atoms with Crippen LogP contribution < -0.4 is 10.0 Å². The molecule has 0 bridgehead atoms. The van der Waals surface area contributed by atoms with E-state index in [9.17, 15) is 18.0 Å². The van der Waals surface area contributed by atoms with Crippen LogP contribution in [0.1, 0.15) is 26.2 Å². The van der Waals surface area contributed by atoms with Crippen LogP contribution in [-0.4, -0.2) is 39.3 Å². The Morgan fingerprint density at radius 2 is 2.12 bits per heavy atom. The van der Waals surface area contributed by atoms with E-state index in [1.54, 1.807) is 6.07 Å². The van der Waals surface area contributed by atoms with Crippen molar-refractivity contribution in [3.63, 3.8) is 0 Å². The molecule has 2 aliphatic rings. The number of sulfonamides is 1. The molecule has 0 aromatic heterocycles. The average molecular weight is 379 g/mol. The molecule has 3 rings (SSSR count). The van der Waals surface area contributed by atoms with Crippen molar-refractivity contribution in [1.82, 2.24) is 4.72 Å². The van der Waals surface area contributed by atoms with E-state index < -0.39 is 22.5 Å². The molecule has 1 saturated carbocycles. The van der Waals surface area contributed by atoms with Gasteiger partial charge in [0.1, 0.15) is 5.84 Å². The van der Waals surface area contributed by atoms with Crippen LogP contribution in [0.5, 0.6) is 0 Å². The van der Waals surface area contributed by atoms with Crippen LogP contribution in [0.3, 0.4) is 0 Å². The fraction of sp³-hybridized carbons (Fsp3) is 0.471. The number of rotatable bonds is 6. The second-order valence-corrected chi connectivity index (χ2v) is 8.22. The zero-order valence-corrected chi connectivity index (χ0v) is 15.2. The molecule has 1 aromatic carbocycles. The molecular formula is C17H21N3O5S. The van der Waals surface area contributed by atoms with Gasteiger partial charge in [0.25, 0.3) is 15.9 Å². The summed E-state index contributed by atoms with van der Waals surface area (Å²) in [7, 11) is -3.75. The molecule has 0 saturated heterocycles. The van der Waals surface area contributed by atoms with Gasteiger partial charge in [-0.2, -0.15) is 0 Å². The Labute approximate surface area is 152 Å². The molecule has 1 aromatic rings. The van der Waals surface area contributed by atoms with Gasteiger partial charge in [-0.3, -0.25) is 19.3 Å². The second-order valence-electron chi connectivity index (χ2n) is 6.54. The average Bonchev–Trinajstić information content (AvgIpc) is 3.11. The van der Waals surface area contributed by atoms with Gasteiger partial charge in [0, 0.05) is 18.7 Å². The maximum Gasteiger partial charge on any atom is 0.309 e. The fourth-order valence-electron chi connectivity index (χ4n) is 2.67. The number of hydrogen-bond donors (Lipinski definition) is 2. The number of hydrogen-bond acceptors (Lipinski definition) is 6. The SMILES string of the molecule is C[C@H]1C[C@@H]1C(=O)OCC(=O)Nc1cccc(S(=O)(=O)NC2=NCCC2)c1.